The van der Waals surface area contributed by atoms with E-state index in [-0.39, 0.29) is 5.91 Å². The Labute approximate surface area is 209 Å². The maximum Gasteiger partial charge on any atom is 0.251 e. The number of aromatic amines is 1. The average molecular weight is 477 g/mol. The molecule has 0 saturated carbocycles. The molecule has 35 heavy (non-hydrogen) atoms. The fourth-order valence-corrected chi connectivity index (χ4v) is 4.46. The third kappa shape index (κ3) is 8.32. The minimum Gasteiger partial charge on any atom is -0.352 e. The molecule has 3 rings (SSSR count). The molecule has 0 saturated heterocycles. The van der Waals surface area contributed by atoms with Crippen LogP contribution in [0.15, 0.2) is 48.5 Å². The summed E-state index contributed by atoms with van der Waals surface area (Å²) in [6.07, 6.45) is 3.30. The van der Waals surface area contributed by atoms with Crippen LogP contribution < -0.4 is 5.32 Å². The number of ketones is 1. The smallest absolute Gasteiger partial charge is 0.251 e. The first-order chi connectivity index (χ1) is 16.8. The molecule has 0 unspecified atom stereocenters. The summed E-state index contributed by atoms with van der Waals surface area (Å²) in [5, 5.41) is 11.5. The van der Waals surface area contributed by atoms with Crippen molar-refractivity contribution in [3.63, 3.8) is 0 Å². The van der Waals surface area contributed by atoms with Crippen molar-refractivity contribution in [2.75, 3.05) is 26.2 Å². The van der Waals surface area contributed by atoms with Gasteiger partial charge in [-0.15, -0.1) is 0 Å². The zero-order chi connectivity index (χ0) is 25.2. The summed E-state index contributed by atoms with van der Waals surface area (Å²) in [6.45, 7) is 11.9. The number of para-hydroxylation sites is 1. The van der Waals surface area contributed by atoms with E-state index in [0.29, 0.717) is 42.7 Å². The maximum atomic E-state index is 12.5. The largest absolute Gasteiger partial charge is 0.352 e. The van der Waals surface area contributed by atoms with E-state index in [1.807, 2.05) is 48.5 Å². The Morgan fingerprint density at radius 1 is 0.914 bits per heavy atom. The lowest BCUT2D eigenvalue weighted by atomic mass is 10.1. The number of fused-ring (bicyclic) bond motifs is 1. The number of rotatable bonds is 14. The van der Waals surface area contributed by atoms with E-state index in [1.54, 1.807) is 0 Å². The van der Waals surface area contributed by atoms with E-state index >= 15 is 0 Å². The number of unbranched alkanes of at least 4 members (excludes halogenated alkanes) is 2. The molecule has 1 aromatic heterocycles. The van der Waals surface area contributed by atoms with Gasteiger partial charge in [-0.3, -0.25) is 19.6 Å². The van der Waals surface area contributed by atoms with Crippen LogP contribution in [0.1, 0.15) is 63.7 Å². The average Bonchev–Trinajstić information content (AvgIpc) is 3.24. The molecule has 0 spiro atoms. The summed E-state index contributed by atoms with van der Waals surface area (Å²) in [5.74, 6) is 1.37. The van der Waals surface area contributed by atoms with Crippen LogP contribution in [0.5, 0.6) is 0 Å². The molecule has 3 aromatic rings. The van der Waals surface area contributed by atoms with Gasteiger partial charge in [0.1, 0.15) is 5.78 Å². The first-order valence-electron chi connectivity index (χ1n) is 12.9. The number of nitrogens with zero attached hydrogens (tertiary/aromatic N) is 2. The van der Waals surface area contributed by atoms with Crippen LogP contribution >= 0.6 is 0 Å². The van der Waals surface area contributed by atoms with Crippen molar-refractivity contribution in [1.29, 1.82) is 0 Å². The molecule has 2 N–H and O–H groups in total. The Hall–Kier alpha value is -2.99. The van der Waals surface area contributed by atoms with Crippen molar-refractivity contribution in [2.45, 2.75) is 53.4 Å². The Morgan fingerprint density at radius 3 is 2.29 bits per heavy atom. The van der Waals surface area contributed by atoms with Gasteiger partial charge in [0, 0.05) is 42.6 Å². The molecule has 0 aliphatic carbocycles. The summed E-state index contributed by atoms with van der Waals surface area (Å²) < 4.78 is 0. The number of Topliss-reactive ketones (excluding diaryl/α,β-unsaturated/α-hetero) is 1. The van der Waals surface area contributed by atoms with Crippen LogP contribution in [0.4, 0.5) is 0 Å². The number of carbonyl (C=O) groups excluding carboxylic acids is 2. The number of benzene rings is 2. The van der Waals surface area contributed by atoms with Crippen LogP contribution in [0, 0.1) is 11.8 Å². The molecule has 188 valence electrons. The summed E-state index contributed by atoms with van der Waals surface area (Å²) in [5.41, 5.74) is 3.50. The van der Waals surface area contributed by atoms with Crippen molar-refractivity contribution in [1.82, 2.24) is 20.4 Å². The van der Waals surface area contributed by atoms with Gasteiger partial charge in [0.2, 0.25) is 0 Å². The van der Waals surface area contributed by atoms with E-state index in [1.165, 1.54) is 0 Å². The van der Waals surface area contributed by atoms with Gasteiger partial charge in [-0.25, -0.2) is 0 Å². The molecule has 0 aliphatic heterocycles. The quantitative estimate of drug-likeness (QED) is 0.292. The topological polar surface area (TPSA) is 78.1 Å². The van der Waals surface area contributed by atoms with Gasteiger partial charge in [0.25, 0.3) is 5.91 Å². The van der Waals surface area contributed by atoms with Crippen LogP contribution in [0.25, 0.3) is 22.2 Å². The standard InChI is InChI=1S/C29H40N4O2/c1-21(2)18-33(19-22(3)4)20-25(34)10-6-5-9-17-30-29(35)24-15-13-23(14-16-24)28-26-11-7-8-12-27(26)31-32-28/h7-8,11-16,21-22H,5-6,9-10,17-20H2,1-4H3,(H,30,35)(H,31,32). The SMILES string of the molecule is CC(C)CN(CC(=O)CCCCCNC(=O)c1ccc(-c2n[nH]c3ccccc23)cc1)CC(C)C. The zero-order valence-corrected chi connectivity index (χ0v) is 21.6. The lowest BCUT2D eigenvalue weighted by molar-refractivity contribution is -0.120. The number of hydrogen-bond acceptors (Lipinski definition) is 4. The van der Waals surface area contributed by atoms with E-state index < -0.39 is 0 Å². The lowest BCUT2D eigenvalue weighted by Crippen LogP contribution is -2.35. The zero-order valence-electron chi connectivity index (χ0n) is 21.6. The number of carbonyl (C=O) groups is 2. The van der Waals surface area contributed by atoms with Crippen molar-refractivity contribution in [2.24, 2.45) is 11.8 Å². The second-order valence-electron chi connectivity index (χ2n) is 10.3. The first kappa shape index (κ1) is 26.6. The number of amides is 1. The lowest BCUT2D eigenvalue weighted by Gasteiger charge is -2.25. The van der Waals surface area contributed by atoms with Crippen molar-refractivity contribution in [3.05, 3.63) is 54.1 Å². The minimum atomic E-state index is -0.0717. The highest BCUT2D eigenvalue weighted by Crippen LogP contribution is 2.26. The van der Waals surface area contributed by atoms with Gasteiger partial charge >= 0.3 is 0 Å². The number of nitrogens with one attached hydrogen (secondary N) is 2. The second-order valence-corrected chi connectivity index (χ2v) is 10.3. The molecule has 1 heterocycles. The fourth-order valence-electron chi connectivity index (χ4n) is 4.46. The molecule has 0 radical (unpaired) electrons. The number of hydrogen-bond donors (Lipinski definition) is 2. The van der Waals surface area contributed by atoms with Gasteiger partial charge < -0.3 is 5.32 Å². The van der Waals surface area contributed by atoms with Crippen molar-refractivity contribution >= 4 is 22.6 Å². The van der Waals surface area contributed by atoms with Crippen LogP contribution in [-0.4, -0.2) is 53.0 Å². The molecule has 0 bridgehead atoms. The maximum absolute atomic E-state index is 12.5. The summed E-state index contributed by atoms with van der Waals surface area (Å²) >= 11 is 0. The highest BCUT2D eigenvalue weighted by Gasteiger charge is 2.14. The van der Waals surface area contributed by atoms with Crippen molar-refractivity contribution < 1.29 is 9.59 Å². The Bertz CT molecular complexity index is 1080. The third-order valence-electron chi connectivity index (χ3n) is 5.96. The fraction of sp³-hybridized carbons (Fsp3) is 0.483. The molecular weight excluding hydrogens is 436 g/mol. The summed E-state index contributed by atoms with van der Waals surface area (Å²) in [6, 6.07) is 15.6. The molecule has 1 amide bonds. The Kier molecular flexibility index (Phi) is 10.0. The number of H-pyrrole nitrogens is 1. The second kappa shape index (κ2) is 13.2. The molecule has 6 heteroatoms. The first-order valence-corrected chi connectivity index (χ1v) is 12.9. The van der Waals surface area contributed by atoms with Crippen molar-refractivity contribution in [3.8, 4) is 11.3 Å². The molecule has 0 fully saturated rings. The van der Waals surface area contributed by atoms with E-state index in [0.717, 1.165) is 54.5 Å². The van der Waals surface area contributed by atoms with Gasteiger partial charge in [-0.1, -0.05) is 64.4 Å². The molecule has 0 aliphatic rings. The highest BCUT2D eigenvalue weighted by atomic mass is 16.1. The predicted molar refractivity (Wildman–Crippen MR) is 143 cm³/mol. The molecule has 0 atom stereocenters. The third-order valence-corrected chi connectivity index (χ3v) is 5.96. The minimum absolute atomic E-state index is 0.0717. The normalized spacial score (nSPS) is 11.6. The van der Waals surface area contributed by atoms with Crippen LogP contribution in [-0.2, 0) is 4.79 Å². The number of aromatic nitrogens is 2. The van der Waals surface area contributed by atoms with E-state index in [9.17, 15) is 9.59 Å². The monoisotopic (exact) mass is 476 g/mol. The molecule has 6 nitrogen and oxygen atoms in total. The summed E-state index contributed by atoms with van der Waals surface area (Å²) in [4.78, 5) is 27.2. The molecule has 2 aromatic carbocycles. The van der Waals surface area contributed by atoms with Crippen LogP contribution in [0.3, 0.4) is 0 Å². The van der Waals surface area contributed by atoms with E-state index in [2.05, 4.69) is 48.1 Å². The Balaban J connectivity index is 1.36. The predicted octanol–water partition coefficient (Wildman–Crippen LogP) is 5.70. The van der Waals surface area contributed by atoms with E-state index in [4.69, 9.17) is 0 Å². The van der Waals surface area contributed by atoms with Gasteiger partial charge in [-0.05, 0) is 42.9 Å². The Morgan fingerprint density at radius 2 is 1.60 bits per heavy atom. The molecular formula is C29H40N4O2. The summed E-state index contributed by atoms with van der Waals surface area (Å²) in [7, 11) is 0. The van der Waals surface area contributed by atoms with Gasteiger partial charge in [0.15, 0.2) is 0 Å². The van der Waals surface area contributed by atoms with Gasteiger partial charge in [-0.2, -0.15) is 5.10 Å². The highest BCUT2D eigenvalue weighted by molar-refractivity contribution is 5.96. The van der Waals surface area contributed by atoms with Gasteiger partial charge in [0.05, 0.1) is 17.8 Å². The van der Waals surface area contributed by atoms with Crippen LogP contribution in [0.2, 0.25) is 0 Å².